The molecule has 2 heterocycles. The van der Waals surface area contributed by atoms with Crippen LogP contribution < -0.4 is 10.6 Å². The number of piperidine rings is 1. The molecular weight excluding hydrogens is 324 g/mol. The van der Waals surface area contributed by atoms with Gasteiger partial charge in [0, 0.05) is 24.8 Å². The number of anilines is 1. The summed E-state index contributed by atoms with van der Waals surface area (Å²) in [5.41, 5.74) is 0.677. The van der Waals surface area contributed by atoms with E-state index < -0.39 is 9.84 Å². The maximum atomic E-state index is 12.1. The molecule has 1 unspecified atom stereocenters. The van der Waals surface area contributed by atoms with Gasteiger partial charge in [-0.2, -0.15) is 0 Å². The lowest BCUT2D eigenvalue weighted by Crippen LogP contribution is -2.30. The predicted molar refractivity (Wildman–Crippen MR) is 95.1 cm³/mol. The number of aromatic nitrogens is 2. The lowest BCUT2D eigenvalue weighted by molar-refractivity contribution is 0.448. The molecule has 2 fully saturated rings. The van der Waals surface area contributed by atoms with Crippen molar-refractivity contribution in [3.8, 4) is 0 Å². The first-order valence-corrected chi connectivity index (χ1v) is 11.0. The zero-order valence-electron chi connectivity index (χ0n) is 14.4. The van der Waals surface area contributed by atoms with Crippen molar-refractivity contribution < 1.29 is 8.42 Å². The summed E-state index contributed by atoms with van der Waals surface area (Å²) in [4.78, 5) is 9.23. The SMILES string of the molecule is CS(=O)(=O)c1cnc(NC2CCCCCC2)nc1C1CCCNC1. The van der Waals surface area contributed by atoms with Gasteiger partial charge < -0.3 is 10.6 Å². The summed E-state index contributed by atoms with van der Waals surface area (Å²) in [5, 5.41) is 6.79. The third-order valence-electron chi connectivity index (χ3n) is 5.05. The molecule has 6 nitrogen and oxygen atoms in total. The van der Waals surface area contributed by atoms with Gasteiger partial charge in [0.25, 0.3) is 0 Å². The predicted octanol–water partition coefficient (Wildman–Crippen LogP) is 2.48. The summed E-state index contributed by atoms with van der Waals surface area (Å²) in [6.45, 7) is 1.77. The van der Waals surface area contributed by atoms with E-state index in [9.17, 15) is 8.42 Å². The number of rotatable bonds is 4. The Bertz CT molecular complexity index is 649. The molecule has 7 heteroatoms. The van der Waals surface area contributed by atoms with Gasteiger partial charge in [0.1, 0.15) is 4.90 Å². The average molecular weight is 353 g/mol. The molecule has 0 radical (unpaired) electrons. The highest BCUT2D eigenvalue weighted by Gasteiger charge is 2.25. The van der Waals surface area contributed by atoms with Crippen molar-refractivity contribution in [3.05, 3.63) is 11.9 Å². The van der Waals surface area contributed by atoms with Crippen LogP contribution in [0.5, 0.6) is 0 Å². The molecule has 1 saturated carbocycles. The fourth-order valence-electron chi connectivity index (χ4n) is 3.72. The first kappa shape index (κ1) is 17.6. The maximum absolute atomic E-state index is 12.1. The van der Waals surface area contributed by atoms with Gasteiger partial charge in [-0.25, -0.2) is 18.4 Å². The highest BCUT2D eigenvalue weighted by Crippen LogP contribution is 2.28. The fraction of sp³-hybridized carbons (Fsp3) is 0.765. The molecule has 1 atom stereocenters. The monoisotopic (exact) mass is 352 g/mol. The van der Waals surface area contributed by atoms with Crippen molar-refractivity contribution in [1.29, 1.82) is 0 Å². The number of nitrogens with zero attached hydrogens (tertiary/aromatic N) is 2. The number of nitrogens with one attached hydrogen (secondary N) is 2. The van der Waals surface area contributed by atoms with Crippen molar-refractivity contribution in [3.63, 3.8) is 0 Å². The Hall–Kier alpha value is -1.21. The minimum absolute atomic E-state index is 0.140. The Labute approximate surface area is 144 Å². The first-order chi connectivity index (χ1) is 11.5. The van der Waals surface area contributed by atoms with E-state index in [-0.39, 0.29) is 10.8 Å². The normalized spacial score (nSPS) is 23.6. The van der Waals surface area contributed by atoms with Gasteiger partial charge in [-0.05, 0) is 32.2 Å². The Morgan fingerprint density at radius 1 is 1.12 bits per heavy atom. The van der Waals surface area contributed by atoms with Crippen LogP contribution in [0.3, 0.4) is 0 Å². The van der Waals surface area contributed by atoms with E-state index in [4.69, 9.17) is 0 Å². The van der Waals surface area contributed by atoms with Crippen LogP contribution in [0.15, 0.2) is 11.1 Å². The third kappa shape index (κ3) is 4.45. The van der Waals surface area contributed by atoms with E-state index in [1.165, 1.54) is 38.1 Å². The van der Waals surface area contributed by atoms with Gasteiger partial charge in [-0.1, -0.05) is 25.7 Å². The van der Waals surface area contributed by atoms with Crippen molar-refractivity contribution in [2.75, 3.05) is 24.7 Å². The lowest BCUT2D eigenvalue weighted by Gasteiger charge is -2.24. The van der Waals surface area contributed by atoms with Crippen molar-refractivity contribution in [2.24, 2.45) is 0 Å². The first-order valence-electron chi connectivity index (χ1n) is 9.08. The number of sulfone groups is 1. The second kappa shape index (κ2) is 7.78. The van der Waals surface area contributed by atoms with Gasteiger partial charge in [0.15, 0.2) is 9.84 Å². The van der Waals surface area contributed by atoms with Crippen molar-refractivity contribution >= 4 is 15.8 Å². The summed E-state index contributed by atoms with van der Waals surface area (Å²) in [7, 11) is -3.32. The second-order valence-electron chi connectivity index (χ2n) is 7.09. The molecule has 24 heavy (non-hydrogen) atoms. The van der Waals surface area contributed by atoms with Crippen LogP contribution in [-0.2, 0) is 9.84 Å². The van der Waals surface area contributed by atoms with Crippen LogP contribution >= 0.6 is 0 Å². The van der Waals surface area contributed by atoms with Crippen molar-refractivity contribution in [2.45, 2.75) is 68.2 Å². The zero-order valence-corrected chi connectivity index (χ0v) is 15.2. The van der Waals surface area contributed by atoms with E-state index in [1.54, 1.807) is 0 Å². The zero-order chi connectivity index (χ0) is 17.0. The smallest absolute Gasteiger partial charge is 0.223 e. The van der Waals surface area contributed by atoms with Crippen molar-refractivity contribution in [1.82, 2.24) is 15.3 Å². The molecule has 134 valence electrons. The molecule has 1 aliphatic heterocycles. The summed E-state index contributed by atoms with van der Waals surface area (Å²) in [6.07, 6.45) is 12.1. The molecule has 1 saturated heterocycles. The molecule has 0 aromatic carbocycles. The lowest BCUT2D eigenvalue weighted by atomic mass is 9.96. The molecule has 1 aromatic heterocycles. The molecule has 2 N–H and O–H groups in total. The molecule has 3 rings (SSSR count). The summed E-state index contributed by atoms with van der Waals surface area (Å²) < 4.78 is 24.2. The van der Waals surface area contributed by atoms with Gasteiger partial charge in [0.2, 0.25) is 5.95 Å². The van der Waals surface area contributed by atoms with Crippen LogP contribution in [0.25, 0.3) is 0 Å². The van der Waals surface area contributed by atoms with Gasteiger partial charge >= 0.3 is 0 Å². The number of hydrogen-bond donors (Lipinski definition) is 2. The third-order valence-corrected chi connectivity index (χ3v) is 6.17. The molecule has 0 spiro atoms. The highest BCUT2D eigenvalue weighted by atomic mass is 32.2. The Kier molecular flexibility index (Phi) is 5.71. The largest absolute Gasteiger partial charge is 0.351 e. The van der Waals surface area contributed by atoms with Gasteiger partial charge in [0.05, 0.1) is 11.9 Å². The molecular formula is C17H28N4O2S. The van der Waals surface area contributed by atoms with Gasteiger partial charge in [-0.3, -0.25) is 0 Å². The topological polar surface area (TPSA) is 84.0 Å². The minimum atomic E-state index is -3.32. The van der Waals surface area contributed by atoms with Crippen LogP contribution in [-0.4, -0.2) is 43.8 Å². The van der Waals surface area contributed by atoms with E-state index in [0.29, 0.717) is 17.7 Å². The quantitative estimate of drug-likeness (QED) is 0.810. The van der Waals surface area contributed by atoms with Crippen LogP contribution in [0, 0.1) is 0 Å². The molecule has 2 aliphatic rings. The van der Waals surface area contributed by atoms with Crippen LogP contribution in [0.2, 0.25) is 0 Å². The second-order valence-corrected chi connectivity index (χ2v) is 9.08. The standard InChI is InChI=1S/C17H28N4O2S/c1-24(22,23)15-12-19-17(20-14-8-4-2-3-5-9-14)21-16(15)13-7-6-10-18-11-13/h12-14,18H,2-11H2,1H3,(H,19,20,21). The van der Waals surface area contributed by atoms with Crippen LogP contribution in [0.1, 0.15) is 63.0 Å². The fourth-order valence-corrected chi connectivity index (χ4v) is 4.56. The highest BCUT2D eigenvalue weighted by molar-refractivity contribution is 7.90. The molecule has 0 bridgehead atoms. The minimum Gasteiger partial charge on any atom is -0.351 e. The van der Waals surface area contributed by atoms with Gasteiger partial charge in [-0.15, -0.1) is 0 Å². The Morgan fingerprint density at radius 3 is 2.50 bits per heavy atom. The number of hydrogen-bond acceptors (Lipinski definition) is 6. The van der Waals surface area contributed by atoms with E-state index in [0.717, 1.165) is 38.8 Å². The van der Waals surface area contributed by atoms with E-state index >= 15 is 0 Å². The Balaban J connectivity index is 1.85. The molecule has 1 aromatic rings. The summed E-state index contributed by atoms with van der Waals surface area (Å²) in [6, 6.07) is 0.397. The summed E-state index contributed by atoms with van der Waals surface area (Å²) >= 11 is 0. The maximum Gasteiger partial charge on any atom is 0.223 e. The average Bonchev–Trinajstić information content (AvgIpc) is 2.83. The molecule has 0 amide bonds. The van der Waals surface area contributed by atoms with E-state index in [2.05, 4.69) is 20.6 Å². The molecule has 1 aliphatic carbocycles. The van der Waals surface area contributed by atoms with E-state index in [1.807, 2.05) is 0 Å². The Morgan fingerprint density at radius 2 is 1.88 bits per heavy atom. The summed E-state index contributed by atoms with van der Waals surface area (Å²) in [5.74, 6) is 0.719. The van der Waals surface area contributed by atoms with Crippen LogP contribution in [0.4, 0.5) is 5.95 Å².